The highest BCUT2D eigenvalue weighted by atomic mass is 127. The van der Waals surface area contributed by atoms with Gasteiger partial charge in [0.25, 0.3) is 0 Å². The van der Waals surface area contributed by atoms with E-state index in [0.717, 1.165) is 18.4 Å². The fourth-order valence-corrected chi connectivity index (χ4v) is 5.37. The highest BCUT2D eigenvalue weighted by Crippen LogP contribution is 2.60. The molecule has 1 aliphatic heterocycles. The largest absolute Gasteiger partial charge is 0.364 e. The molecule has 1 N–H and O–H groups in total. The van der Waals surface area contributed by atoms with Gasteiger partial charge in [0.05, 0.1) is 5.69 Å². The van der Waals surface area contributed by atoms with Gasteiger partial charge in [-0.05, 0) is 37.0 Å². The molecule has 0 aromatic carbocycles. The quantitative estimate of drug-likeness (QED) is 0.355. The Balaban J connectivity index is 0.00000210. The van der Waals surface area contributed by atoms with Gasteiger partial charge >= 0.3 is 0 Å². The summed E-state index contributed by atoms with van der Waals surface area (Å²) < 4.78 is 31.3. The number of aliphatic imine (C=N–C) groups is 1. The molecule has 0 bridgehead atoms. The topological polar surface area (TPSA) is 91.0 Å². The van der Waals surface area contributed by atoms with Crippen LogP contribution in [0.5, 0.6) is 0 Å². The van der Waals surface area contributed by atoms with Crippen molar-refractivity contribution in [1.82, 2.24) is 19.7 Å². The summed E-state index contributed by atoms with van der Waals surface area (Å²) >= 11 is 0. The summed E-state index contributed by atoms with van der Waals surface area (Å²) in [6.07, 6.45) is 6.81. The van der Waals surface area contributed by atoms with Crippen LogP contribution in [-0.2, 0) is 15.8 Å². The maximum absolute atomic E-state index is 12.5. The second-order valence-corrected chi connectivity index (χ2v) is 9.64. The lowest BCUT2D eigenvalue weighted by Crippen LogP contribution is -2.54. The van der Waals surface area contributed by atoms with Crippen molar-refractivity contribution in [3.8, 4) is 0 Å². The van der Waals surface area contributed by atoms with E-state index in [4.69, 9.17) is 4.52 Å². The van der Waals surface area contributed by atoms with Gasteiger partial charge in [0, 0.05) is 45.8 Å². The monoisotopic (exact) mass is 509 g/mol. The number of sulfonamides is 1. The van der Waals surface area contributed by atoms with Gasteiger partial charge < -0.3 is 14.7 Å². The molecule has 10 heteroatoms. The molecule has 3 aliphatic rings. The molecule has 1 saturated heterocycles. The number of nitrogens with zero attached hydrogens (tertiary/aromatic N) is 4. The van der Waals surface area contributed by atoms with E-state index in [0.29, 0.717) is 37.3 Å². The molecular weight excluding hydrogens is 481 g/mol. The fraction of sp³-hybridized carbons (Fsp3) is 0.765. The standard InChI is InChI=1S/C17H27N5O3S.HI/c1-18-16(19-13-17(5-6-17)14-2-3-14)21-7-9-22(10-8-21)26(23,24)12-15-4-11-25-20-15;/h4,11,14H,2-3,5-10,12-13H2,1H3,(H,18,19);1H. The molecule has 4 rings (SSSR count). The van der Waals surface area contributed by atoms with E-state index >= 15 is 0 Å². The molecule has 1 aromatic heterocycles. The van der Waals surface area contributed by atoms with E-state index in [-0.39, 0.29) is 29.7 Å². The van der Waals surface area contributed by atoms with Crippen molar-refractivity contribution in [3.05, 3.63) is 18.0 Å². The number of hydrogen-bond donors (Lipinski definition) is 1. The number of hydrogen-bond acceptors (Lipinski definition) is 5. The molecule has 1 aromatic rings. The minimum absolute atomic E-state index is 0. The van der Waals surface area contributed by atoms with Crippen LogP contribution in [0, 0.1) is 11.3 Å². The molecule has 0 spiro atoms. The first kappa shape index (κ1) is 20.8. The Bertz CT molecular complexity index is 752. The van der Waals surface area contributed by atoms with Gasteiger partial charge in [-0.2, -0.15) is 4.31 Å². The van der Waals surface area contributed by atoms with Crippen molar-refractivity contribution >= 4 is 40.0 Å². The van der Waals surface area contributed by atoms with E-state index < -0.39 is 10.0 Å². The lowest BCUT2D eigenvalue weighted by molar-refractivity contribution is 0.257. The van der Waals surface area contributed by atoms with E-state index in [1.54, 1.807) is 13.1 Å². The van der Waals surface area contributed by atoms with Gasteiger partial charge in [-0.25, -0.2) is 8.42 Å². The summed E-state index contributed by atoms with van der Waals surface area (Å²) in [4.78, 5) is 6.57. The summed E-state index contributed by atoms with van der Waals surface area (Å²) in [5, 5.41) is 7.24. The minimum Gasteiger partial charge on any atom is -0.364 e. The Morgan fingerprint density at radius 1 is 1.33 bits per heavy atom. The summed E-state index contributed by atoms with van der Waals surface area (Å²) in [7, 11) is -1.57. The van der Waals surface area contributed by atoms with Crippen LogP contribution in [0.3, 0.4) is 0 Å². The number of guanidine groups is 1. The van der Waals surface area contributed by atoms with Crippen LogP contribution in [0.2, 0.25) is 0 Å². The number of piperazine rings is 1. The molecule has 27 heavy (non-hydrogen) atoms. The van der Waals surface area contributed by atoms with Crippen LogP contribution in [0.25, 0.3) is 0 Å². The number of aromatic nitrogens is 1. The second kappa shape index (κ2) is 8.24. The average Bonchev–Trinajstić information content (AvgIpc) is 3.55. The zero-order chi connectivity index (χ0) is 18.2. The molecule has 3 fully saturated rings. The van der Waals surface area contributed by atoms with E-state index in [2.05, 4.69) is 20.4 Å². The van der Waals surface area contributed by atoms with E-state index in [1.807, 2.05) is 0 Å². The lowest BCUT2D eigenvalue weighted by Gasteiger charge is -2.36. The van der Waals surface area contributed by atoms with Crippen molar-refractivity contribution in [2.75, 3.05) is 39.8 Å². The van der Waals surface area contributed by atoms with Gasteiger partial charge in [0.1, 0.15) is 12.0 Å². The molecule has 8 nitrogen and oxygen atoms in total. The lowest BCUT2D eigenvalue weighted by atomic mass is 10.0. The molecule has 2 aliphatic carbocycles. The van der Waals surface area contributed by atoms with Gasteiger partial charge in [-0.1, -0.05) is 5.16 Å². The van der Waals surface area contributed by atoms with Crippen LogP contribution in [0.15, 0.2) is 21.8 Å². The molecular formula is C17H28IN5O3S. The first-order valence-electron chi connectivity index (χ1n) is 9.35. The van der Waals surface area contributed by atoms with Gasteiger partial charge in [-0.3, -0.25) is 4.99 Å². The van der Waals surface area contributed by atoms with Crippen LogP contribution in [0.1, 0.15) is 31.4 Å². The minimum atomic E-state index is -3.37. The molecule has 2 heterocycles. The van der Waals surface area contributed by atoms with Crippen LogP contribution in [-0.4, -0.2) is 68.5 Å². The zero-order valence-corrected chi connectivity index (χ0v) is 18.8. The zero-order valence-electron chi connectivity index (χ0n) is 15.6. The molecule has 0 amide bonds. The highest BCUT2D eigenvalue weighted by Gasteiger charge is 2.53. The third-order valence-electron chi connectivity index (χ3n) is 5.90. The Morgan fingerprint density at radius 2 is 2.04 bits per heavy atom. The average molecular weight is 509 g/mol. The van der Waals surface area contributed by atoms with Crippen LogP contribution in [0.4, 0.5) is 0 Å². The van der Waals surface area contributed by atoms with Gasteiger partial charge in [-0.15, -0.1) is 24.0 Å². The van der Waals surface area contributed by atoms with Gasteiger partial charge in [0.15, 0.2) is 5.96 Å². The third kappa shape index (κ3) is 4.76. The maximum atomic E-state index is 12.5. The molecule has 2 saturated carbocycles. The van der Waals surface area contributed by atoms with Crippen molar-refractivity contribution in [3.63, 3.8) is 0 Å². The molecule has 0 unspecified atom stereocenters. The molecule has 152 valence electrons. The number of rotatable bonds is 6. The fourth-order valence-electron chi connectivity index (χ4n) is 3.94. The Morgan fingerprint density at radius 3 is 2.56 bits per heavy atom. The molecule has 0 atom stereocenters. The first-order chi connectivity index (χ1) is 12.5. The van der Waals surface area contributed by atoms with Crippen molar-refractivity contribution in [1.29, 1.82) is 0 Å². The molecule has 0 radical (unpaired) electrons. The van der Waals surface area contributed by atoms with E-state index in [9.17, 15) is 8.42 Å². The Labute approximate surface area is 177 Å². The Kier molecular flexibility index (Phi) is 6.36. The van der Waals surface area contributed by atoms with Crippen molar-refractivity contribution in [2.45, 2.75) is 31.4 Å². The smallest absolute Gasteiger partial charge is 0.220 e. The first-order valence-corrected chi connectivity index (χ1v) is 11.0. The summed E-state index contributed by atoms with van der Waals surface area (Å²) in [6.45, 7) is 3.22. The number of halogens is 1. The van der Waals surface area contributed by atoms with Crippen LogP contribution >= 0.6 is 24.0 Å². The van der Waals surface area contributed by atoms with Gasteiger partial charge in [0.2, 0.25) is 10.0 Å². The van der Waals surface area contributed by atoms with Crippen molar-refractivity contribution in [2.24, 2.45) is 16.3 Å². The summed E-state index contributed by atoms with van der Waals surface area (Å²) in [5.74, 6) is 1.69. The Hall–Kier alpha value is -0.880. The van der Waals surface area contributed by atoms with Crippen LogP contribution < -0.4 is 5.32 Å². The third-order valence-corrected chi connectivity index (χ3v) is 7.71. The summed E-state index contributed by atoms with van der Waals surface area (Å²) in [5.41, 5.74) is 0.957. The summed E-state index contributed by atoms with van der Waals surface area (Å²) in [6, 6.07) is 1.59. The predicted octanol–water partition coefficient (Wildman–Crippen LogP) is 1.51. The van der Waals surface area contributed by atoms with Crippen molar-refractivity contribution < 1.29 is 12.9 Å². The highest BCUT2D eigenvalue weighted by molar-refractivity contribution is 14.0. The second-order valence-electron chi connectivity index (χ2n) is 7.67. The van der Waals surface area contributed by atoms with E-state index in [1.165, 1.54) is 36.3 Å². The SMILES string of the molecule is CN=C(NCC1(C2CC2)CC1)N1CCN(S(=O)(=O)Cc2ccon2)CC1.I. The number of nitrogens with one attached hydrogen (secondary N) is 1. The normalized spacial score (nSPS) is 23.0. The predicted molar refractivity (Wildman–Crippen MR) is 113 cm³/mol. The maximum Gasteiger partial charge on any atom is 0.220 e.